The molecule has 6 heteroatoms. The molecule has 1 aromatic heterocycles. The molecule has 0 aliphatic carbocycles. The number of Topliss-reactive ketones (excluding diaryl/α,β-unsaturated/α-hetero) is 1. The van der Waals surface area contributed by atoms with Crippen molar-refractivity contribution >= 4 is 38.6 Å². The molecule has 2 N–H and O–H groups in total. The van der Waals surface area contributed by atoms with Gasteiger partial charge in [-0.15, -0.1) is 0 Å². The zero-order valence-electron chi connectivity index (χ0n) is 12.6. The van der Waals surface area contributed by atoms with Crippen molar-refractivity contribution in [2.24, 2.45) is 0 Å². The molecule has 0 spiro atoms. The van der Waals surface area contributed by atoms with Gasteiger partial charge in [-0.3, -0.25) is 4.79 Å². The molecule has 1 heterocycles. The number of aliphatic hydroxyl groups is 1. The monoisotopic (exact) mass is 387 g/mol. The fourth-order valence-corrected chi connectivity index (χ4v) is 3.21. The summed E-state index contributed by atoms with van der Waals surface area (Å²) in [7, 11) is 0. The number of hydrogen-bond donors (Lipinski definition) is 2. The highest BCUT2D eigenvalue weighted by Gasteiger charge is 2.26. The molecule has 0 fully saturated rings. The molecule has 0 amide bonds. The molecule has 0 radical (unpaired) electrons. The van der Waals surface area contributed by atoms with Crippen LogP contribution in [0, 0.1) is 0 Å². The zero-order chi connectivity index (χ0) is 17.3. The second-order valence-corrected chi connectivity index (χ2v) is 6.26. The SMILES string of the molecule is O=C(O)C(=O)c1c(CO)n(Cc2ccccc2)c2ccc(Br)cc12. The van der Waals surface area contributed by atoms with Gasteiger partial charge < -0.3 is 14.8 Å². The molecule has 5 nitrogen and oxygen atoms in total. The van der Waals surface area contributed by atoms with Gasteiger partial charge in [-0.25, -0.2) is 4.79 Å². The van der Waals surface area contributed by atoms with Crippen molar-refractivity contribution in [2.75, 3.05) is 0 Å². The van der Waals surface area contributed by atoms with Gasteiger partial charge in [0.2, 0.25) is 0 Å². The molecule has 24 heavy (non-hydrogen) atoms. The fourth-order valence-electron chi connectivity index (χ4n) is 2.85. The third-order valence-electron chi connectivity index (χ3n) is 3.89. The van der Waals surface area contributed by atoms with E-state index in [0.717, 1.165) is 10.0 Å². The molecule has 0 saturated carbocycles. The number of carboxylic acid groups (broad SMARTS) is 1. The molecule has 0 atom stereocenters. The van der Waals surface area contributed by atoms with Gasteiger partial charge in [-0.05, 0) is 23.8 Å². The van der Waals surface area contributed by atoms with Gasteiger partial charge in [-0.2, -0.15) is 0 Å². The predicted molar refractivity (Wildman–Crippen MR) is 93.1 cm³/mol. The number of carbonyl (C=O) groups excluding carboxylic acids is 1. The third kappa shape index (κ3) is 2.86. The standard InChI is InChI=1S/C18H14BrNO4/c19-12-6-7-14-13(8-12)16(17(22)18(23)24)15(10-21)20(14)9-11-4-2-1-3-5-11/h1-8,21H,9-10H2,(H,23,24). The van der Waals surface area contributed by atoms with E-state index in [4.69, 9.17) is 5.11 Å². The lowest BCUT2D eigenvalue weighted by atomic mass is 10.1. The van der Waals surface area contributed by atoms with E-state index < -0.39 is 18.4 Å². The highest BCUT2D eigenvalue weighted by molar-refractivity contribution is 9.10. The number of carboxylic acids is 1. The smallest absolute Gasteiger partial charge is 0.377 e. The van der Waals surface area contributed by atoms with Gasteiger partial charge in [0.05, 0.1) is 17.9 Å². The molecule has 3 aromatic rings. The molecule has 2 aromatic carbocycles. The second kappa shape index (κ2) is 6.59. The summed E-state index contributed by atoms with van der Waals surface area (Å²) in [5.41, 5.74) is 2.04. The van der Waals surface area contributed by atoms with Crippen LogP contribution < -0.4 is 0 Å². The van der Waals surface area contributed by atoms with E-state index >= 15 is 0 Å². The number of hydrogen-bond acceptors (Lipinski definition) is 3. The van der Waals surface area contributed by atoms with Crippen molar-refractivity contribution in [1.82, 2.24) is 4.57 Å². The summed E-state index contributed by atoms with van der Waals surface area (Å²) >= 11 is 3.34. The average Bonchev–Trinajstić information content (AvgIpc) is 2.87. The Morgan fingerprint density at radius 3 is 2.42 bits per heavy atom. The van der Waals surface area contributed by atoms with Crippen LogP contribution in [0.1, 0.15) is 21.6 Å². The number of aliphatic carboxylic acids is 1. The summed E-state index contributed by atoms with van der Waals surface area (Å²) in [5.74, 6) is -2.56. The zero-order valence-corrected chi connectivity index (χ0v) is 14.2. The Hall–Kier alpha value is -2.44. The van der Waals surface area contributed by atoms with Gasteiger partial charge in [-0.1, -0.05) is 46.3 Å². The Morgan fingerprint density at radius 2 is 1.79 bits per heavy atom. The van der Waals surface area contributed by atoms with Gasteiger partial charge in [0.15, 0.2) is 0 Å². The van der Waals surface area contributed by atoms with E-state index in [1.165, 1.54) is 0 Å². The lowest BCUT2D eigenvalue weighted by Gasteiger charge is -2.10. The van der Waals surface area contributed by atoms with Crippen LogP contribution in [0.2, 0.25) is 0 Å². The molecule has 0 aliphatic heterocycles. The maximum absolute atomic E-state index is 12.2. The van der Waals surface area contributed by atoms with Crippen LogP contribution in [0.5, 0.6) is 0 Å². The average molecular weight is 388 g/mol. The summed E-state index contributed by atoms with van der Waals surface area (Å²) in [6, 6.07) is 14.9. The van der Waals surface area contributed by atoms with Gasteiger partial charge in [0.25, 0.3) is 5.78 Å². The predicted octanol–water partition coefficient (Wildman–Crippen LogP) is 3.21. The maximum atomic E-state index is 12.2. The maximum Gasteiger partial charge on any atom is 0.377 e. The Morgan fingerprint density at radius 1 is 1.08 bits per heavy atom. The number of ketones is 1. The number of aliphatic hydroxyl groups excluding tert-OH is 1. The lowest BCUT2D eigenvalue weighted by molar-refractivity contribution is -0.131. The van der Waals surface area contributed by atoms with Gasteiger partial charge in [0.1, 0.15) is 0 Å². The molecule has 0 unspecified atom stereocenters. The lowest BCUT2D eigenvalue weighted by Crippen LogP contribution is -2.16. The summed E-state index contributed by atoms with van der Waals surface area (Å²) in [6.45, 7) is 0.00918. The van der Waals surface area contributed by atoms with Crippen LogP contribution >= 0.6 is 15.9 Å². The first-order chi connectivity index (χ1) is 11.5. The first-order valence-corrected chi connectivity index (χ1v) is 8.05. The number of benzene rings is 2. The number of carbonyl (C=O) groups is 2. The highest BCUT2D eigenvalue weighted by atomic mass is 79.9. The Kier molecular flexibility index (Phi) is 4.51. The Bertz CT molecular complexity index is 931. The largest absolute Gasteiger partial charge is 0.475 e. The van der Waals surface area contributed by atoms with Crippen molar-refractivity contribution in [3.8, 4) is 0 Å². The Balaban J connectivity index is 2.28. The number of nitrogens with zero attached hydrogens (tertiary/aromatic N) is 1. The van der Waals surface area contributed by atoms with Crippen molar-refractivity contribution in [2.45, 2.75) is 13.2 Å². The van der Waals surface area contributed by atoms with Crippen molar-refractivity contribution in [3.05, 3.63) is 69.8 Å². The molecule has 122 valence electrons. The number of halogens is 1. The summed E-state index contributed by atoms with van der Waals surface area (Å²) in [6.07, 6.45) is 0. The molecular weight excluding hydrogens is 374 g/mol. The van der Waals surface area contributed by atoms with E-state index in [9.17, 15) is 14.7 Å². The molecular formula is C18H14BrNO4. The number of fused-ring (bicyclic) bond motifs is 1. The van der Waals surface area contributed by atoms with Crippen LogP contribution in [0.4, 0.5) is 0 Å². The fraction of sp³-hybridized carbons (Fsp3) is 0.111. The van der Waals surface area contributed by atoms with Gasteiger partial charge in [0, 0.05) is 21.9 Å². The van der Waals surface area contributed by atoms with Crippen LogP contribution in [0.15, 0.2) is 53.0 Å². The molecule has 0 saturated heterocycles. The van der Waals surface area contributed by atoms with Crippen LogP contribution in [-0.4, -0.2) is 26.5 Å². The second-order valence-electron chi connectivity index (χ2n) is 5.35. The van der Waals surface area contributed by atoms with Crippen LogP contribution in [0.25, 0.3) is 10.9 Å². The minimum absolute atomic E-state index is 0.0391. The Labute approximate surface area is 146 Å². The van der Waals surface area contributed by atoms with E-state index in [-0.39, 0.29) is 5.56 Å². The molecule has 3 rings (SSSR count). The summed E-state index contributed by atoms with van der Waals surface area (Å²) in [5, 5.41) is 19.4. The van der Waals surface area contributed by atoms with Crippen molar-refractivity contribution in [3.63, 3.8) is 0 Å². The van der Waals surface area contributed by atoms with Gasteiger partial charge >= 0.3 is 5.97 Å². The minimum atomic E-state index is -1.54. The van der Waals surface area contributed by atoms with E-state index in [1.807, 2.05) is 36.4 Å². The highest BCUT2D eigenvalue weighted by Crippen LogP contribution is 2.30. The molecule has 0 bridgehead atoms. The van der Waals surface area contributed by atoms with E-state index in [0.29, 0.717) is 23.1 Å². The normalized spacial score (nSPS) is 10.9. The number of aromatic nitrogens is 1. The van der Waals surface area contributed by atoms with Crippen LogP contribution in [-0.2, 0) is 17.9 Å². The van der Waals surface area contributed by atoms with E-state index in [1.54, 1.807) is 16.7 Å². The quantitative estimate of drug-likeness (QED) is 0.520. The molecule has 0 aliphatic rings. The first kappa shape index (κ1) is 16.4. The minimum Gasteiger partial charge on any atom is -0.475 e. The summed E-state index contributed by atoms with van der Waals surface area (Å²) in [4.78, 5) is 23.4. The summed E-state index contributed by atoms with van der Waals surface area (Å²) < 4.78 is 2.52. The third-order valence-corrected chi connectivity index (χ3v) is 4.38. The van der Waals surface area contributed by atoms with E-state index in [2.05, 4.69) is 15.9 Å². The topological polar surface area (TPSA) is 79.5 Å². The van der Waals surface area contributed by atoms with Crippen molar-refractivity contribution in [1.29, 1.82) is 0 Å². The van der Waals surface area contributed by atoms with Crippen molar-refractivity contribution < 1.29 is 19.8 Å². The number of rotatable bonds is 5. The van der Waals surface area contributed by atoms with Crippen LogP contribution in [0.3, 0.4) is 0 Å². The first-order valence-electron chi connectivity index (χ1n) is 7.26.